The minimum atomic E-state index is -0.899. The fraction of sp³-hybridized carbons (Fsp3) is 0.105. The molecule has 24 heavy (non-hydrogen) atoms. The number of carboxylic acid groups (broad SMARTS) is 1. The van der Waals surface area contributed by atoms with Crippen molar-refractivity contribution in [2.24, 2.45) is 0 Å². The Bertz CT molecular complexity index is 766. The van der Waals surface area contributed by atoms with E-state index in [1.165, 1.54) is 0 Å². The fourth-order valence-electron chi connectivity index (χ4n) is 2.06. The molecule has 0 aliphatic carbocycles. The third kappa shape index (κ3) is 4.64. The Balaban J connectivity index is 0.000000355. The van der Waals surface area contributed by atoms with E-state index < -0.39 is 11.9 Å². The van der Waals surface area contributed by atoms with Crippen LogP contribution in [0.2, 0.25) is 0 Å². The molecule has 0 radical (unpaired) electrons. The van der Waals surface area contributed by atoms with Crippen molar-refractivity contribution in [3.63, 3.8) is 0 Å². The summed E-state index contributed by atoms with van der Waals surface area (Å²) in [6.45, 7) is 1.61. The van der Waals surface area contributed by atoms with Crippen LogP contribution in [0.25, 0.3) is 0 Å². The molecule has 0 amide bonds. The Morgan fingerprint density at radius 1 is 1.04 bits per heavy atom. The second kappa shape index (κ2) is 8.43. The highest BCUT2D eigenvalue weighted by atomic mass is 16.4. The van der Waals surface area contributed by atoms with Gasteiger partial charge in [-0.15, -0.1) is 0 Å². The van der Waals surface area contributed by atoms with Crippen LogP contribution in [0.1, 0.15) is 34.3 Å². The molecule has 1 aromatic heterocycles. The SMILES string of the molecule is CC(C(=O)O)c1cccc(C(=O)c2ccccc2)c1.c1c[nH]cn1. The van der Waals surface area contributed by atoms with E-state index >= 15 is 0 Å². The highest BCUT2D eigenvalue weighted by Gasteiger charge is 2.16. The van der Waals surface area contributed by atoms with E-state index in [1.54, 1.807) is 74.2 Å². The van der Waals surface area contributed by atoms with Crippen molar-refractivity contribution in [3.05, 3.63) is 90.0 Å². The number of rotatable bonds is 4. The number of aromatic amines is 1. The average Bonchev–Trinajstić information content (AvgIpc) is 3.21. The van der Waals surface area contributed by atoms with E-state index in [4.69, 9.17) is 5.11 Å². The molecule has 0 bridgehead atoms. The van der Waals surface area contributed by atoms with Crippen molar-refractivity contribution in [1.82, 2.24) is 9.97 Å². The van der Waals surface area contributed by atoms with Crippen molar-refractivity contribution in [3.8, 4) is 0 Å². The summed E-state index contributed by atoms with van der Waals surface area (Å²) in [5.41, 5.74) is 1.74. The molecule has 5 nitrogen and oxygen atoms in total. The van der Waals surface area contributed by atoms with Crippen molar-refractivity contribution in [2.45, 2.75) is 12.8 Å². The van der Waals surface area contributed by atoms with Gasteiger partial charge in [0, 0.05) is 23.5 Å². The van der Waals surface area contributed by atoms with Gasteiger partial charge in [0.1, 0.15) is 0 Å². The van der Waals surface area contributed by atoms with Crippen LogP contribution in [-0.4, -0.2) is 26.8 Å². The van der Waals surface area contributed by atoms with Gasteiger partial charge in [-0.2, -0.15) is 0 Å². The minimum absolute atomic E-state index is 0.0972. The highest BCUT2D eigenvalue weighted by Crippen LogP contribution is 2.18. The third-order valence-electron chi connectivity index (χ3n) is 3.46. The standard InChI is InChI=1S/C16H14O3.C3H4N2/c1-11(16(18)19)13-8-5-9-14(10-13)15(17)12-6-3-2-4-7-12;1-2-5-3-4-1/h2-11H,1H3,(H,18,19);1-3H,(H,4,5). The van der Waals surface area contributed by atoms with Gasteiger partial charge in [0.2, 0.25) is 0 Å². The number of carbonyl (C=O) groups excluding carboxylic acids is 1. The Morgan fingerprint density at radius 3 is 2.29 bits per heavy atom. The number of aromatic nitrogens is 2. The predicted molar refractivity (Wildman–Crippen MR) is 91.0 cm³/mol. The first-order valence-corrected chi connectivity index (χ1v) is 7.45. The molecule has 1 atom stereocenters. The van der Waals surface area contributed by atoms with Gasteiger partial charge in [-0.1, -0.05) is 48.5 Å². The quantitative estimate of drug-likeness (QED) is 0.720. The van der Waals surface area contributed by atoms with Gasteiger partial charge < -0.3 is 10.1 Å². The van der Waals surface area contributed by atoms with E-state index in [9.17, 15) is 9.59 Å². The van der Waals surface area contributed by atoms with Crippen molar-refractivity contribution >= 4 is 11.8 Å². The molecule has 0 saturated carbocycles. The topological polar surface area (TPSA) is 83.0 Å². The minimum Gasteiger partial charge on any atom is -0.481 e. The summed E-state index contributed by atoms with van der Waals surface area (Å²) >= 11 is 0. The Hall–Kier alpha value is -3.21. The van der Waals surface area contributed by atoms with E-state index in [-0.39, 0.29) is 5.78 Å². The number of carbonyl (C=O) groups is 2. The molecular formula is C19H18N2O3. The van der Waals surface area contributed by atoms with Crippen LogP contribution in [0.3, 0.4) is 0 Å². The Morgan fingerprint density at radius 2 is 1.75 bits per heavy atom. The van der Waals surface area contributed by atoms with Crippen molar-refractivity contribution < 1.29 is 14.7 Å². The van der Waals surface area contributed by atoms with Crippen molar-refractivity contribution in [2.75, 3.05) is 0 Å². The number of nitrogens with one attached hydrogen (secondary N) is 1. The van der Waals surface area contributed by atoms with Crippen LogP contribution in [-0.2, 0) is 4.79 Å². The molecule has 0 aliphatic heterocycles. The molecule has 3 aromatic rings. The first-order valence-electron chi connectivity index (χ1n) is 7.45. The maximum absolute atomic E-state index is 12.2. The molecule has 1 unspecified atom stereocenters. The lowest BCUT2D eigenvalue weighted by Gasteiger charge is -2.08. The Labute approximate surface area is 140 Å². The van der Waals surface area contributed by atoms with Gasteiger partial charge in [0.25, 0.3) is 0 Å². The second-order valence-electron chi connectivity index (χ2n) is 5.14. The van der Waals surface area contributed by atoms with E-state index in [0.717, 1.165) is 0 Å². The number of ketones is 1. The zero-order chi connectivity index (χ0) is 17.4. The number of hydrogen-bond donors (Lipinski definition) is 2. The number of carboxylic acids is 1. The summed E-state index contributed by atoms with van der Waals surface area (Å²) in [5, 5.41) is 9.00. The normalized spacial score (nSPS) is 11.0. The van der Waals surface area contributed by atoms with Crippen molar-refractivity contribution in [1.29, 1.82) is 0 Å². The molecule has 3 rings (SSSR count). The lowest BCUT2D eigenvalue weighted by atomic mass is 9.96. The monoisotopic (exact) mass is 322 g/mol. The van der Waals surface area contributed by atoms with Crippen LogP contribution in [0.5, 0.6) is 0 Å². The summed E-state index contributed by atoms with van der Waals surface area (Å²) < 4.78 is 0. The van der Waals surface area contributed by atoms with Crippen LogP contribution >= 0.6 is 0 Å². The van der Waals surface area contributed by atoms with Gasteiger partial charge in [-0.05, 0) is 18.6 Å². The first kappa shape index (κ1) is 17.1. The third-order valence-corrected chi connectivity index (χ3v) is 3.46. The van der Waals surface area contributed by atoms with Crippen LogP contribution in [0.4, 0.5) is 0 Å². The summed E-state index contributed by atoms with van der Waals surface area (Å²) in [6, 6.07) is 15.7. The fourth-order valence-corrected chi connectivity index (χ4v) is 2.06. The number of hydrogen-bond acceptors (Lipinski definition) is 3. The smallest absolute Gasteiger partial charge is 0.310 e. The lowest BCUT2D eigenvalue weighted by Crippen LogP contribution is -2.09. The lowest BCUT2D eigenvalue weighted by molar-refractivity contribution is -0.138. The maximum Gasteiger partial charge on any atom is 0.310 e. The van der Waals surface area contributed by atoms with Crippen LogP contribution in [0, 0.1) is 0 Å². The number of imidazole rings is 1. The summed E-state index contributed by atoms with van der Waals surface area (Å²) in [5.74, 6) is -1.62. The largest absolute Gasteiger partial charge is 0.481 e. The molecule has 1 heterocycles. The van der Waals surface area contributed by atoms with E-state index in [0.29, 0.717) is 16.7 Å². The van der Waals surface area contributed by atoms with Crippen LogP contribution < -0.4 is 0 Å². The summed E-state index contributed by atoms with van der Waals surface area (Å²) in [6.07, 6.45) is 5.08. The molecule has 0 saturated heterocycles. The average molecular weight is 322 g/mol. The zero-order valence-corrected chi connectivity index (χ0v) is 13.2. The number of H-pyrrole nitrogens is 1. The Kier molecular flexibility index (Phi) is 6.02. The molecule has 0 fully saturated rings. The number of nitrogens with zero attached hydrogens (tertiary/aromatic N) is 1. The summed E-state index contributed by atoms with van der Waals surface area (Å²) in [7, 11) is 0. The predicted octanol–water partition coefficient (Wildman–Crippen LogP) is 3.52. The zero-order valence-electron chi connectivity index (χ0n) is 13.2. The number of aliphatic carboxylic acids is 1. The van der Waals surface area contributed by atoms with Crippen LogP contribution in [0.15, 0.2) is 73.3 Å². The van der Waals surface area contributed by atoms with E-state index in [1.807, 2.05) is 6.07 Å². The molecule has 2 aromatic carbocycles. The molecule has 2 N–H and O–H groups in total. The van der Waals surface area contributed by atoms with Gasteiger partial charge in [0.15, 0.2) is 5.78 Å². The van der Waals surface area contributed by atoms with Gasteiger partial charge in [0.05, 0.1) is 12.2 Å². The molecular weight excluding hydrogens is 304 g/mol. The number of benzene rings is 2. The first-order chi connectivity index (χ1) is 11.6. The molecule has 0 spiro atoms. The molecule has 122 valence electrons. The van der Waals surface area contributed by atoms with Gasteiger partial charge >= 0.3 is 5.97 Å². The van der Waals surface area contributed by atoms with Gasteiger partial charge in [-0.25, -0.2) is 4.98 Å². The summed E-state index contributed by atoms with van der Waals surface area (Å²) in [4.78, 5) is 29.6. The maximum atomic E-state index is 12.2. The second-order valence-corrected chi connectivity index (χ2v) is 5.14. The van der Waals surface area contributed by atoms with Gasteiger partial charge in [-0.3, -0.25) is 9.59 Å². The molecule has 5 heteroatoms. The highest BCUT2D eigenvalue weighted by molar-refractivity contribution is 6.09. The molecule has 0 aliphatic rings. The van der Waals surface area contributed by atoms with E-state index in [2.05, 4.69) is 9.97 Å².